The zero-order chi connectivity index (χ0) is 14.0. The highest BCUT2D eigenvalue weighted by Gasteiger charge is 2.12. The minimum atomic E-state index is -0.519. The van der Waals surface area contributed by atoms with Crippen molar-refractivity contribution in [2.24, 2.45) is 0 Å². The van der Waals surface area contributed by atoms with E-state index in [0.717, 1.165) is 11.3 Å². The second-order valence-electron chi connectivity index (χ2n) is 3.95. The van der Waals surface area contributed by atoms with Crippen LogP contribution in [0.25, 0.3) is 0 Å². The number of nitrogens with one attached hydrogen (secondary N) is 1. The molecule has 0 aromatic carbocycles. The Morgan fingerprint density at radius 1 is 1.47 bits per heavy atom. The molecule has 0 aliphatic rings. The van der Waals surface area contributed by atoms with Gasteiger partial charge in [0.25, 0.3) is 5.69 Å². The summed E-state index contributed by atoms with van der Waals surface area (Å²) in [5.74, 6) is 1.03. The number of hydrogen-bond donors (Lipinski definition) is 1. The minimum Gasteiger partial charge on any atom is -0.366 e. The largest absolute Gasteiger partial charge is 0.366 e. The zero-order valence-electron chi connectivity index (χ0n) is 10.3. The maximum Gasteiger partial charge on any atom is 0.276 e. The summed E-state index contributed by atoms with van der Waals surface area (Å²) in [5.41, 5.74) is 1.55. The molecular formula is C11H11ClN4O3. The summed E-state index contributed by atoms with van der Waals surface area (Å²) in [4.78, 5) is 14.2. The number of halogens is 1. The molecule has 0 fully saturated rings. The highest BCUT2D eigenvalue weighted by atomic mass is 35.5. The van der Waals surface area contributed by atoms with Crippen molar-refractivity contribution in [3.8, 4) is 0 Å². The molecule has 0 spiro atoms. The molecule has 19 heavy (non-hydrogen) atoms. The maximum absolute atomic E-state index is 10.7. The highest BCUT2D eigenvalue weighted by Crippen LogP contribution is 2.21. The first-order chi connectivity index (χ1) is 8.97. The zero-order valence-corrected chi connectivity index (χ0v) is 11.1. The Morgan fingerprint density at radius 3 is 2.79 bits per heavy atom. The van der Waals surface area contributed by atoms with E-state index >= 15 is 0 Å². The van der Waals surface area contributed by atoms with Gasteiger partial charge in [0.1, 0.15) is 16.7 Å². The number of pyridine rings is 1. The van der Waals surface area contributed by atoms with E-state index in [1.54, 1.807) is 6.92 Å². The molecule has 2 heterocycles. The molecule has 2 rings (SSSR count). The van der Waals surface area contributed by atoms with E-state index in [0.29, 0.717) is 18.1 Å². The summed E-state index contributed by atoms with van der Waals surface area (Å²) in [6.07, 6.45) is 0. The lowest BCUT2D eigenvalue weighted by molar-refractivity contribution is -0.384. The van der Waals surface area contributed by atoms with Crippen molar-refractivity contribution in [1.82, 2.24) is 10.1 Å². The van der Waals surface area contributed by atoms with Gasteiger partial charge >= 0.3 is 0 Å². The van der Waals surface area contributed by atoms with Crippen LogP contribution in [0.5, 0.6) is 0 Å². The van der Waals surface area contributed by atoms with Gasteiger partial charge < -0.3 is 9.84 Å². The molecule has 1 N–H and O–H groups in total. The summed E-state index contributed by atoms with van der Waals surface area (Å²) in [5, 5.41) is 17.6. The summed E-state index contributed by atoms with van der Waals surface area (Å²) in [7, 11) is 0. The smallest absolute Gasteiger partial charge is 0.276 e. The number of aryl methyl sites for hydroxylation is 2. The fraction of sp³-hybridized carbons (Fsp3) is 0.273. The van der Waals surface area contributed by atoms with E-state index in [1.165, 1.54) is 12.1 Å². The molecule has 0 aliphatic carbocycles. The van der Waals surface area contributed by atoms with Crippen LogP contribution in [-0.4, -0.2) is 15.1 Å². The maximum atomic E-state index is 10.7. The van der Waals surface area contributed by atoms with Gasteiger partial charge in [-0.25, -0.2) is 4.98 Å². The van der Waals surface area contributed by atoms with E-state index in [2.05, 4.69) is 15.5 Å². The summed E-state index contributed by atoms with van der Waals surface area (Å²) in [6, 6.07) is 2.52. The molecule has 0 bridgehead atoms. The first-order valence-electron chi connectivity index (χ1n) is 5.45. The number of nitro groups is 1. The Labute approximate surface area is 113 Å². The van der Waals surface area contributed by atoms with Crippen LogP contribution in [0.3, 0.4) is 0 Å². The van der Waals surface area contributed by atoms with E-state index in [4.69, 9.17) is 16.1 Å². The standard InChI is InChI=1S/C11H11ClN4O3/c1-6-9(7(2)19-15-6)5-13-11-4-8(16(17)18)3-10(12)14-11/h3-4H,5H2,1-2H3,(H,13,14). The summed E-state index contributed by atoms with van der Waals surface area (Å²) >= 11 is 5.73. The van der Waals surface area contributed by atoms with Crippen molar-refractivity contribution in [3.05, 3.63) is 44.4 Å². The fourth-order valence-corrected chi connectivity index (χ4v) is 1.82. The molecule has 0 unspecified atom stereocenters. The van der Waals surface area contributed by atoms with Crippen LogP contribution < -0.4 is 5.32 Å². The molecular weight excluding hydrogens is 272 g/mol. The van der Waals surface area contributed by atoms with Gasteiger partial charge in [-0.15, -0.1) is 0 Å². The Bertz CT molecular complexity index is 607. The van der Waals surface area contributed by atoms with E-state index < -0.39 is 4.92 Å². The van der Waals surface area contributed by atoms with E-state index in [1.807, 2.05) is 6.92 Å². The topological polar surface area (TPSA) is 94.1 Å². The highest BCUT2D eigenvalue weighted by molar-refractivity contribution is 6.29. The number of nitrogens with zero attached hydrogens (tertiary/aromatic N) is 3. The third-order valence-corrected chi connectivity index (χ3v) is 2.81. The Morgan fingerprint density at radius 2 is 2.21 bits per heavy atom. The van der Waals surface area contributed by atoms with Gasteiger partial charge in [-0.3, -0.25) is 10.1 Å². The van der Waals surface area contributed by atoms with Crippen molar-refractivity contribution in [3.63, 3.8) is 0 Å². The molecule has 7 nitrogen and oxygen atoms in total. The van der Waals surface area contributed by atoms with Crippen LogP contribution >= 0.6 is 11.6 Å². The second kappa shape index (κ2) is 5.23. The Balaban J connectivity index is 2.18. The number of aromatic nitrogens is 2. The molecule has 2 aromatic rings. The van der Waals surface area contributed by atoms with E-state index in [-0.39, 0.29) is 10.8 Å². The lowest BCUT2D eigenvalue weighted by atomic mass is 10.2. The first kappa shape index (κ1) is 13.3. The summed E-state index contributed by atoms with van der Waals surface area (Å²) in [6.45, 7) is 4.03. The molecule has 2 aromatic heterocycles. The lowest BCUT2D eigenvalue weighted by Crippen LogP contribution is -2.04. The fourth-order valence-electron chi connectivity index (χ4n) is 1.61. The van der Waals surface area contributed by atoms with Crippen molar-refractivity contribution < 1.29 is 9.45 Å². The van der Waals surface area contributed by atoms with Crippen molar-refractivity contribution in [1.29, 1.82) is 0 Å². The molecule has 0 saturated heterocycles. The second-order valence-corrected chi connectivity index (χ2v) is 4.33. The van der Waals surface area contributed by atoms with Crippen molar-refractivity contribution in [2.75, 3.05) is 5.32 Å². The van der Waals surface area contributed by atoms with Crippen molar-refractivity contribution in [2.45, 2.75) is 20.4 Å². The molecule has 0 amide bonds. The van der Waals surface area contributed by atoms with Crippen molar-refractivity contribution >= 4 is 23.1 Å². The Hall–Kier alpha value is -2.15. The van der Waals surface area contributed by atoms with Gasteiger partial charge in [-0.2, -0.15) is 0 Å². The molecule has 0 saturated carbocycles. The van der Waals surface area contributed by atoms with Crippen LogP contribution in [0.1, 0.15) is 17.0 Å². The van der Waals surface area contributed by atoms with Crippen LogP contribution in [-0.2, 0) is 6.54 Å². The third-order valence-electron chi connectivity index (χ3n) is 2.62. The third kappa shape index (κ3) is 3.00. The van der Waals surface area contributed by atoms with Gasteiger partial charge in [0.2, 0.25) is 0 Å². The number of rotatable bonds is 4. The van der Waals surface area contributed by atoms with Gasteiger partial charge in [-0.05, 0) is 13.8 Å². The predicted octanol–water partition coefficient (Wildman–Crippen LogP) is 2.86. The molecule has 0 aliphatic heterocycles. The van der Waals surface area contributed by atoms with Crippen LogP contribution in [0, 0.1) is 24.0 Å². The quantitative estimate of drug-likeness (QED) is 0.526. The van der Waals surface area contributed by atoms with Crippen LogP contribution in [0.4, 0.5) is 11.5 Å². The van der Waals surface area contributed by atoms with Gasteiger partial charge in [0, 0.05) is 12.1 Å². The SMILES string of the molecule is Cc1noc(C)c1CNc1cc([N+](=O)[O-])cc(Cl)n1. The molecule has 0 atom stereocenters. The summed E-state index contributed by atoms with van der Waals surface area (Å²) < 4.78 is 5.02. The molecule has 0 radical (unpaired) electrons. The predicted molar refractivity (Wildman–Crippen MR) is 69.2 cm³/mol. The van der Waals surface area contributed by atoms with Gasteiger partial charge in [0.05, 0.1) is 22.7 Å². The Kier molecular flexibility index (Phi) is 3.66. The van der Waals surface area contributed by atoms with Crippen LogP contribution in [0.15, 0.2) is 16.7 Å². The number of anilines is 1. The number of hydrogen-bond acceptors (Lipinski definition) is 6. The average Bonchev–Trinajstić information content (AvgIpc) is 2.66. The van der Waals surface area contributed by atoms with Gasteiger partial charge in [0.15, 0.2) is 0 Å². The first-order valence-corrected chi connectivity index (χ1v) is 5.83. The van der Waals surface area contributed by atoms with E-state index in [9.17, 15) is 10.1 Å². The van der Waals surface area contributed by atoms with Crippen LogP contribution in [0.2, 0.25) is 5.15 Å². The molecule has 8 heteroatoms. The monoisotopic (exact) mass is 282 g/mol. The average molecular weight is 283 g/mol. The lowest BCUT2D eigenvalue weighted by Gasteiger charge is -2.05. The normalized spacial score (nSPS) is 10.5. The minimum absolute atomic E-state index is 0.0652. The van der Waals surface area contributed by atoms with Gasteiger partial charge in [-0.1, -0.05) is 16.8 Å². The molecule has 100 valence electrons.